The van der Waals surface area contributed by atoms with Crippen molar-refractivity contribution in [2.75, 3.05) is 5.73 Å². The summed E-state index contributed by atoms with van der Waals surface area (Å²) >= 11 is 5.85. The minimum absolute atomic E-state index is 0.105. The van der Waals surface area contributed by atoms with Crippen LogP contribution in [0.5, 0.6) is 11.6 Å². The standard InChI is InChI=1S/C10H7ClN4O3/c11-7-3-6(15(16)17)1-2-8(7)18-10-5-13-4-9(12)14-10/h1-5H,(H2,12,14). The predicted octanol–water partition coefficient (Wildman–Crippen LogP) is 2.41. The number of nitro groups is 1. The molecule has 0 radical (unpaired) electrons. The highest BCUT2D eigenvalue weighted by molar-refractivity contribution is 6.32. The van der Waals surface area contributed by atoms with Crippen molar-refractivity contribution in [1.29, 1.82) is 0 Å². The number of anilines is 1. The lowest BCUT2D eigenvalue weighted by Gasteiger charge is -2.06. The van der Waals surface area contributed by atoms with Gasteiger partial charge in [-0.2, -0.15) is 4.98 Å². The second-order valence-electron chi connectivity index (χ2n) is 3.26. The first kappa shape index (κ1) is 12.1. The van der Waals surface area contributed by atoms with Crippen molar-refractivity contribution < 1.29 is 9.66 Å². The Morgan fingerprint density at radius 3 is 2.78 bits per heavy atom. The molecular formula is C10H7ClN4O3. The average Bonchev–Trinajstić information content (AvgIpc) is 2.31. The number of non-ortho nitro benzene ring substituents is 1. The molecule has 0 fully saturated rings. The van der Waals surface area contributed by atoms with E-state index in [-0.39, 0.29) is 28.2 Å². The van der Waals surface area contributed by atoms with E-state index >= 15 is 0 Å². The third kappa shape index (κ3) is 2.64. The van der Waals surface area contributed by atoms with E-state index in [9.17, 15) is 10.1 Å². The molecule has 7 nitrogen and oxygen atoms in total. The number of hydrogen-bond donors (Lipinski definition) is 1. The normalized spacial score (nSPS) is 10.1. The molecule has 0 saturated heterocycles. The van der Waals surface area contributed by atoms with Crippen LogP contribution in [0, 0.1) is 10.1 Å². The van der Waals surface area contributed by atoms with Gasteiger partial charge in [0, 0.05) is 12.1 Å². The van der Waals surface area contributed by atoms with Crippen molar-refractivity contribution >= 4 is 23.1 Å². The zero-order valence-electron chi connectivity index (χ0n) is 8.91. The van der Waals surface area contributed by atoms with Crippen molar-refractivity contribution in [3.05, 3.63) is 45.7 Å². The van der Waals surface area contributed by atoms with Crippen LogP contribution >= 0.6 is 11.6 Å². The first-order valence-electron chi connectivity index (χ1n) is 4.75. The monoisotopic (exact) mass is 266 g/mol. The highest BCUT2D eigenvalue weighted by Gasteiger charge is 2.11. The number of nitrogens with zero attached hydrogens (tertiary/aromatic N) is 3. The maximum atomic E-state index is 10.5. The molecule has 1 aromatic carbocycles. The third-order valence-corrected chi connectivity index (χ3v) is 2.27. The molecule has 1 aromatic heterocycles. The zero-order chi connectivity index (χ0) is 13.1. The first-order valence-corrected chi connectivity index (χ1v) is 5.13. The molecule has 92 valence electrons. The van der Waals surface area contributed by atoms with Crippen LogP contribution in [0.4, 0.5) is 11.5 Å². The smallest absolute Gasteiger partial charge is 0.271 e. The van der Waals surface area contributed by atoms with E-state index in [1.165, 1.54) is 30.6 Å². The van der Waals surface area contributed by atoms with Gasteiger partial charge in [0.1, 0.15) is 11.6 Å². The van der Waals surface area contributed by atoms with Gasteiger partial charge in [-0.15, -0.1) is 0 Å². The molecule has 0 amide bonds. The predicted molar refractivity (Wildman–Crippen MR) is 64.6 cm³/mol. The van der Waals surface area contributed by atoms with E-state index < -0.39 is 4.92 Å². The third-order valence-electron chi connectivity index (χ3n) is 1.97. The Morgan fingerprint density at radius 2 is 2.17 bits per heavy atom. The van der Waals surface area contributed by atoms with Crippen LogP contribution in [-0.2, 0) is 0 Å². The highest BCUT2D eigenvalue weighted by atomic mass is 35.5. The second kappa shape index (κ2) is 4.84. The molecule has 1 heterocycles. The van der Waals surface area contributed by atoms with Gasteiger partial charge in [0.2, 0.25) is 5.88 Å². The first-order chi connectivity index (χ1) is 8.56. The Bertz CT molecular complexity index is 605. The molecule has 0 aliphatic heterocycles. The van der Waals surface area contributed by atoms with Crippen molar-refractivity contribution in [2.45, 2.75) is 0 Å². The Balaban J connectivity index is 2.27. The van der Waals surface area contributed by atoms with Crippen molar-refractivity contribution in [3.63, 3.8) is 0 Å². The fourth-order valence-corrected chi connectivity index (χ4v) is 1.42. The van der Waals surface area contributed by atoms with Crippen molar-refractivity contribution in [2.24, 2.45) is 0 Å². The van der Waals surface area contributed by atoms with Crippen LogP contribution in [0.25, 0.3) is 0 Å². The number of rotatable bonds is 3. The Morgan fingerprint density at radius 1 is 1.39 bits per heavy atom. The van der Waals surface area contributed by atoms with Gasteiger partial charge < -0.3 is 10.5 Å². The summed E-state index contributed by atoms with van der Waals surface area (Å²) in [6.07, 6.45) is 2.72. The molecule has 0 atom stereocenters. The van der Waals surface area contributed by atoms with E-state index in [4.69, 9.17) is 22.1 Å². The average molecular weight is 267 g/mol. The molecule has 2 rings (SSSR count). The minimum Gasteiger partial charge on any atom is -0.436 e. The number of aromatic nitrogens is 2. The molecule has 2 N–H and O–H groups in total. The summed E-state index contributed by atoms with van der Waals surface area (Å²) in [7, 11) is 0. The van der Waals surface area contributed by atoms with Gasteiger partial charge in [0.25, 0.3) is 5.69 Å². The molecule has 0 unspecified atom stereocenters. The summed E-state index contributed by atoms with van der Waals surface area (Å²) in [5.74, 6) is 0.596. The number of ether oxygens (including phenoxy) is 1. The SMILES string of the molecule is Nc1cncc(Oc2ccc([N+](=O)[O-])cc2Cl)n1. The van der Waals surface area contributed by atoms with Gasteiger partial charge in [-0.05, 0) is 6.07 Å². The largest absolute Gasteiger partial charge is 0.436 e. The second-order valence-corrected chi connectivity index (χ2v) is 3.66. The molecule has 18 heavy (non-hydrogen) atoms. The molecule has 0 aliphatic rings. The molecule has 8 heteroatoms. The summed E-state index contributed by atoms with van der Waals surface area (Å²) in [5, 5.41) is 10.6. The summed E-state index contributed by atoms with van der Waals surface area (Å²) < 4.78 is 5.32. The van der Waals surface area contributed by atoms with Crippen LogP contribution < -0.4 is 10.5 Å². The van der Waals surface area contributed by atoms with E-state index in [0.29, 0.717) is 0 Å². The van der Waals surface area contributed by atoms with Gasteiger partial charge in [0.15, 0.2) is 0 Å². The number of nitrogen functional groups attached to an aromatic ring is 1. The van der Waals surface area contributed by atoms with Gasteiger partial charge in [-0.3, -0.25) is 15.1 Å². The fraction of sp³-hybridized carbons (Fsp3) is 0. The van der Waals surface area contributed by atoms with Crippen LogP contribution in [0.1, 0.15) is 0 Å². The lowest BCUT2D eigenvalue weighted by Crippen LogP contribution is -1.95. The number of nitrogens with two attached hydrogens (primary N) is 1. The zero-order valence-corrected chi connectivity index (χ0v) is 9.66. The molecule has 0 saturated carbocycles. The number of hydrogen-bond acceptors (Lipinski definition) is 6. The number of benzene rings is 1. The van der Waals surface area contributed by atoms with Crippen LogP contribution in [0.2, 0.25) is 5.02 Å². The van der Waals surface area contributed by atoms with Gasteiger partial charge >= 0.3 is 0 Å². The van der Waals surface area contributed by atoms with Gasteiger partial charge in [-0.25, -0.2) is 0 Å². The van der Waals surface area contributed by atoms with Crippen LogP contribution in [0.15, 0.2) is 30.6 Å². The Kier molecular flexibility index (Phi) is 3.24. The lowest BCUT2D eigenvalue weighted by atomic mass is 10.3. The van der Waals surface area contributed by atoms with Gasteiger partial charge in [-0.1, -0.05) is 11.6 Å². The number of nitro benzene ring substituents is 1. The molecule has 0 aliphatic carbocycles. The summed E-state index contributed by atoms with van der Waals surface area (Å²) in [6.45, 7) is 0. The molecule has 2 aromatic rings. The Hall–Kier alpha value is -2.41. The molecule has 0 bridgehead atoms. The molecular weight excluding hydrogens is 260 g/mol. The van der Waals surface area contributed by atoms with Crippen molar-refractivity contribution in [3.8, 4) is 11.6 Å². The summed E-state index contributed by atoms with van der Waals surface area (Å²) in [6, 6.07) is 3.85. The maximum absolute atomic E-state index is 10.5. The molecule has 0 spiro atoms. The fourth-order valence-electron chi connectivity index (χ4n) is 1.21. The minimum atomic E-state index is -0.546. The van der Waals surface area contributed by atoms with E-state index in [2.05, 4.69) is 9.97 Å². The van der Waals surface area contributed by atoms with E-state index in [1.54, 1.807) is 0 Å². The quantitative estimate of drug-likeness (QED) is 0.676. The van der Waals surface area contributed by atoms with E-state index in [0.717, 1.165) is 0 Å². The Labute approximate surface area is 106 Å². The van der Waals surface area contributed by atoms with Gasteiger partial charge in [0.05, 0.1) is 22.3 Å². The summed E-state index contributed by atoms with van der Waals surface area (Å²) in [5.41, 5.74) is 5.32. The topological polar surface area (TPSA) is 104 Å². The number of halogens is 1. The lowest BCUT2D eigenvalue weighted by molar-refractivity contribution is -0.384. The van der Waals surface area contributed by atoms with Crippen LogP contribution in [0.3, 0.4) is 0 Å². The summed E-state index contributed by atoms with van der Waals surface area (Å²) in [4.78, 5) is 17.6. The highest BCUT2D eigenvalue weighted by Crippen LogP contribution is 2.31. The van der Waals surface area contributed by atoms with Crippen LogP contribution in [-0.4, -0.2) is 14.9 Å². The van der Waals surface area contributed by atoms with Crippen molar-refractivity contribution in [1.82, 2.24) is 9.97 Å². The van der Waals surface area contributed by atoms with E-state index in [1.807, 2.05) is 0 Å². The maximum Gasteiger partial charge on any atom is 0.271 e.